The van der Waals surface area contributed by atoms with E-state index in [1.54, 1.807) is 28.8 Å². The highest BCUT2D eigenvalue weighted by molar-refractivity contribution is 9.10. The first-order valence-electron chi connectivity index (χ1n) is 5.21. The largest absolute Gasteiger partial charge is 0.261 e. The Balaban J connectivity index is 2.25. The lowest BCUT2D eigenvalue weighted by molar-refractivity contribution is 1.07. The van der Waals surface area contributed by atoms with Gasteiger partial charge in [0.25, 0.3) is 0 Å². The molecule has 0 fully saturated rings. The molecule has 7 heteroatoms. The van der Waals surface area contributed by atoms with E-state index in [1.165, 1.54) is 0 Å². The Hall–Kier alpha value is -0.810. The molecule has 3 aromatic rings. The zero-order valence-corrected chi connectivity index (χ0v) is 13.1. The third kappa shape index (κ3) is 2.34. The van der Waals surface area contributed by atoms with E-state index in [9.17, 15) is 0 Å². The molecule has 0 aliphatic rings. The van der Waals surface area contributed by atoms with Gasteiger partial charge in [-0.2, -0.15) is 0 Å². The van der Waals surface area contributed by atoms with Crippen LogP contribution in [0.15, 0.2) is 35.1 Å². The zero-order chi connectivity index (χ0) is 13.6. The maximum atomic E-state index is 6.17. The standard InChI is InChI=1S/C12H5BrCl3N3/c13-10-5-17-11-4-9(18-12(16)19(10)11)7-2-1-6(14)3-8(7)15/h1-5H. The maximum Gasteiger partial charge on any atom is 0.210 e. The van der Waals surface area contributed by atoms with E-state index in [4.69, 9.17) is 34.8 Å². The smallest absolute Gasteiger partial charge is 0.210 e. The molecule has 1 aromatic carbocycles. The molecule has 0 aliphatic heterocycles. The van der Waals surface area contributed by atoms with Crippen LogP contribution in [0.4, 0.5) is 0 Å². The Labute approximate surface area is 132 Å². The molecule has 2 heterocycles. The summed E-state index contributed by atoms with van der Waals surface area (Å²) in [5.74, 6) is 0. The van der Waals surface area contributed by atoms with Crippen molar-refractivity contribution in [3.63, 3.8) is 0 Å². The number of halogens is 4. The van der Waals surface area contributed by atoms with Crippen LogP contribution in [0.25, 0.3) is 16.9 Å². The molecule has 0 saturated heterocycles. The van der Waals surface area contributed by atoms with Gasteiger partial charge in [-0.15, -0.1) is 0 Å². The highest BCUT2D eigenvalue weighted by atomic mass is 79.9. The second kappa shape index (κ2) is 4.94. The molecule has 0 atom stereocenters. The van der Waals surface area contributed by atoms with Crippen LogP contribution in [0.5, 0.6) is 0 Å². The summed E-state index contributed by atoms with van der Waals surface area (Å²) in [4.78, 5) is 8.56. The topological polar surface area (TPSA) is 30.2 Å². The van der Waals surface area contributed by atoms with Gasteiger partial charge in [0, 0.05) is 16.7 Å². The van der Waals surface area contributed by atoms with Crippen LogP contribution in [0.1, 0.15) is 0 Å². The van der Waals surface area contributed by atoms with Gasteiger partial charge in [0.05, 0.1) is 16.9 Å². The van der Waals surface area contributed by atoms with Crippen molar-refractivity contribution in [2.24, 2.45) is 0 Å². The Morgan fingerprint density at radius 1 is 1.11 bits per heavy atom. The number of imidazole rings is 1. The van der Waals surface area contributed by atoms with E-state index < -0.39 is 0 Å². The van der Waals surface area contributed by atoms with Crippen LogP contribution in [-0.2, 0) is 0 Å². The Kier molecular flexibility index (Phi) is 3.43. The number of benzene rings is 1. The lowest BCUT2D eigenvalue weighted by Gasteiger charge is -2.06. The average molecular weight is 377 g/mol. The van der Waals surface area contributed by atoms with Crippen LogP contribution < -0.4 is 0 Å². The number of fused-ring (bicyclic) bond motifs is 1. The maximum absolute atomic E-state index is 6.17. The summed E-state index contributed by atoms with van der Waals surface area (Å²) in [5, 5.41) is 1.40. The summed E-state index contributed by atoms with van der Waals surface area (Å²) in [6.45, 7) is 0. The van der Waals surface area contributed by atoms with Crippen molar-refractivity contribution in [2.45, 2.75) is 0 Å². The Morgan fingerprint density at radius 2 is 1.89 bits per heavy atom. The second-order valence-corrected chi connectivity index (χ2v) is 5.80. The van der Waals surface area contributed by atoms with E-state index in [0.29, 0.717) is 26.7 Å². The van der Waals surface area contributed by atoms with Crippen molar-refractivity contribution in [3.05, 3.63) is 50.4 Å². The molecule has 0 saturated carbocycles. The fraction of sp³-hybridized carbons (Fsp3) is 0. The molecule has 3 rings (SSSR count). The van der Waals surface area contributed by atoms with Crippen LogP contribution in [-0.4, -0.2) is 14.4 Å². The highest BCUT2D eigenvalue weighted by Crippen LogP contribution is 2.31. The molecular formula is C12H5BrCl3N3. The molecule has 0 unspecified atom stereocenters. The molecule has 0 aliphatic carbocycles. The summed E-state index contributed by atoms with van der Waals surface area (Å²) in [5.41, 5.74) is 2.10. The minimum absolute atomic E-state index is 0.308. The van der Waals surface area contributed by atoms with Gasteiger partial charge in [-0.25, -0.2) is 9.97 Å². The van der Waals surface area contributed by atoms with E-state index in [1.807, 2.05) is 6.07 Å². The number of aromatic nitrogens is 3. The third-order valence-electron chi connectivity index (χ3n) is 2.62. The number of hydrogen-bond donors (Lipinski definition) is 0. The first kappa shape index (κ1) is 13.2. The van der Waals surface area contributed by atoms with Crippen molar-refractivity contribution in [1.82, 2.24) is 14.4 Å². The molecule has 96 valence electrons. The molecular weight excluding hydrogens is 372 g/mol. The Bertz CT molecular complexity index is 785. The van der Waals surface area contributed by atoms with E-state index >= 15 is 0 Å². The highest BCUT2D eigenvalue weighted by Gasteiger charge is 2.12. The normalized spacial score (nSPS) is 11.2. The summed E-state index contributed by atoms with van der Waals surface area (Å²) in [6.07, 6.45) is 1.66. The fourth-order valence-electron chi connectivity index (χ4n) is 1.77. The van der Waals surface area contributed by atoms with Gasteiger partial charge in [0.15, 0.2) is 0 Å². The molecule has 0 radical (unpaired) electrons. The zero-order valence-electron chi connectivity index (χ0n) is 9.24. The van der Waals surface area contributed by atoms with Gasteiger partial charge in [0.1, 0.15) is 10.3 Å². The van der Waals surface area contributed by atoms with Gasteiger partial charge in [-0.1, -0.05) is 23.2 Å². The Morgan fingerprint density at radius 3 is 2.63 bits per heavy atom. The monoisotopic (exact) mass is 375 g/mol. The van der Waals surface area contributed by atoms with Crippen molar-refractivity contribution in [1.29, 1.82) is 0 Å². The lowest BCUT2D eigenvalue weighted by atomic mass is 10.1. The quantitative estimate of drug-likeness (QED) is 0.551. The second-order valence-electron chi connectivity index (χ2n) is 3.81. The molecule has 0 bridgehead atoms. The summed E-state index contributed by atoms with van der Waals surface area (Å²) >= 11 is 21.6. The van der Waals surface area contributed by atoms with Gasteiger partial charge >= 0.3 is 0 Å². The molecule has 0 spiro atoms. The van der Waals surface area contributed by atoms with Crippen LogP contribution in [0.3, 0.4) is 0 Å². The fourth-order valence-corrected chi connectivity index (χ4v) is 3.10. The van der Waals surface area contributed by atoms with Crippen LogP contribution in [0, 0.1) is 0 Å². The predicted molar refractivity (Wildman–Crippen MR) is 81.2 cm³/mol. The molecule has 0 amide bonds. The third-order valence-corrected chi connectivity index (χ3v) is 3.98. The van der Waals surface area contributed by atoms with E-state index in [0.717, 1.165) is 10.2 Å². The average Bonchev–Trinajstić information content (AvgIpc) is 2.71. The van der Waals surface area contributed by atoms with Crippen molar-refractivity contribution < 1.29 is 0 Å². The lowest BCUT2D eigenvalue weighted by Crippen LogP contribution is -1.94. The number of rotatable bonds is 1. The van der Waals surface area contributed by atoms with E-state index in [2.05, 4.69) is 25.9 Å². The van der Waals surface area contributed by atoms with E-state index in [-0.39, 0.29) is 0 Å². The number of hydrogen-bond acceptors (Lipinski definition) is 2. The molecule has 19 heavy (non-hydrogen) atoms. The van der Waals surface area contributed by atoms with Gasteiger partial charge in [-0.05, 0) is 45.7 Å². The summed E-state index contributed by atoms with van der Waals surface area (Å²) in [6, 6.07) is 7.04. The summed E-state index contributed by atoms with van der Waals surface area (Å²) in [7, 11) is 0. The minimum atomic E-state index is 0.308. The first-order valence-corrected chi connectivity index (χ1v) is 7.14. The molecule has 2 aromatic heterocycles. The molecule has 3 nitrogen and oxygen atoms in total. The summed E-state index contributed by atoms with van der Waals surface area (Å²) < 4.78 is 2.43. The van der Waals surface area contributed by atoms with Crippen LogP contribution in [0.2, 0.25) is 15.3 Å². The van der Waals surface area contributed by atoms with Gasteiger partial charge in [0.2, 0.25) is 5.28 Å². The van der Waals surface area contributed by atoms with Gasteiger partial charge < -0.3 is 0 Å². The predicted octanol–water partition coefficient (Wildman–Crippen LogP) is 5.12. The van der Waals surface area contributed by atoms with Crippen molar-refractivity contribution in [3.8, 4) is 11.3 Å². The SMILES string of the molecule is Clc1ccc(-c2cc3ncc(Br)n3c(Cl)n2)c(Cl)c1. The van der Waals surface area contributed by atoms with Crippen molar-refractivity contribution in [2.75, 3.05) is 0 Å². The van der Waals surface area contributed by atoms with Crippen LogP contribution >= 0.6 is 50.7 Å². The van der Waals surface area contributed by atoms with Crippen molar-refractivity contribution >= 4 is 56.4 Å². The van der Waals surface area contributed by atoms with Gasteiger partial charge in [-0.3, -0.25) is 4.40 Å². The first-order chi connectivity index (χ1) is 9.06. The number of nitrogens with zero attached hydrogens (tertiary/aromatic N) is 3. The molecule has 0 N–H and O–H groups in total. The minimum Gasteiger partial charge on any atom is -0.261 e.